The number of esters is 1. The fourth-order valence-electron chi connectivity index (χ4n) is 8.67. The Balaban J connectivity index is 1.66. The summed E-state index contributed by atoms with van der Waals surface area (Å²) in [6, 6.07) is 41.0. The van der Waals surface area contributed by atoms with Crippen LogP contribution in [0.2, 0.25) is 0 Å². The van der Waals surface area contributed by atoms with Crippen molar-refractivity contribution in [2.24, 2.45) is 0 Å². The normalized spacial score (nSPS) is 12.6. The highest BCUT2D eigenvalue weighted by molar-refractivity contribution is 5.98. The molecule has 0 amide bonds. The van der Waals surface area contributed by atoms with Crippen LogP contribution in [0.4, 0.5) is 22.7 Å². The first-order chi connectivity index (χ1) is 29.7. The zero-order valence-electron chi connectivity index (χ0n) is 38.0. The Morgan fingerprint density at radius 2 is 0.787 bits per heavy atom. The fourth-order valence-corrected chi connectivity index (χ4v) is 8.67. The molecule has 320 valence electrons. The molecule has 7 heteroatoms. The summed E-state index contributed by atoms with van der Waals surface area (Å²) < 4.78 is 12.7. The maximum absolute atomic E-state index is 14.3. The van der Waals surface area contributed by atoms with Gasteiger partial charge in [-0.1, -0.05) is 48.5 Å². The second-order valence-corrected chi connectivity index (χ2v) is 15.3. The lowest BCUT2D eigenvalue weighted by Gasteiger charge is -2.27. The molecule has 0 saturated carbocycles. The van der Waals surface area contributed by atoms with E-state index in [-0.39, 0.29) is 5.97 Å². The third-order valence-electron chi connectivity index (χ3n) is 12.1. The predicted octanol–water partition coefficient (Wildman–Crippen LogP) is 12.1. The van der Waals surface area contributed by atoms with E-state index in [1.54, 1.807) is 0 Å². The summed E-state index contributed by atoms with van der Waals surface area (Å²) in [5.41, 5.74) is 10.7. The van der Waals surface area contributed by atoms with Crippen molar-refractivity contribution in [3.8, 4) is 5.75 Å². The molecule has 0 saturated heterocycles. The quantitative estimate of drug-likeness (QED) is 0.0725. The summed E-state index contributed by atoms with van der Waals surface area (Å²) in [6.07, 6.45) is 4.34. The SMILES string of the molecule is CCOc1ccc2c(c1)C(=O)OC2(C=C(c1ccc(N(CC)CC)cc1)c1ccc(N(CC)CC)cc1)C=C(c1ccc(N(CC)CC)cc1)c1ccc(N(CC)CC)cc1. The average molecular weight is 819 g/mol. The Morgan fingerprint density at radius 1 is 0.475 bits per heavy atom. The first kappa shape index (κ1) is 44.6. The van der Waals surface area contributed by atoms with Gasteiger partial charge >= 0.3 is 5.97 Å². The Labute approximate surface area is 365 Å². The number of hydrogen-bond acceptors (Lipinski definition) is 7. The number of nitrogens with zero attached hydrogens (tertiary/aromatic N) is 4. The third-order valence-corrected chi connectivity index (χ3v) is 12.1. The van der Waals surface area contributed by atoms with E-state index in [0.717, 1.165) is 91.3 Å². The summed E-state index contributed by atoms with van der Waals surface area (Å²) in [5, 5.41) is 0. The lowest BCUT2D eigenvalue weighted by Crippen LogP contribution is -2.23. The number of ether oxygens (including phenoxy) is 2. The number of hydrogen-bond donors (Lipinski definition) is 0. The molecule has 0 radical (unpaired) electrons. The van der Waals surface area contributed by atoms with Gasteiger partial charge in [0, 0.05) is 80.7 Å². The highest BCUT2D eigenvalue weighted by atomic mass is 16.6. The molecule has 0 aromatic heterocycles. The molecule has 61 heavy (non-hydrogen) atoms. The molecule has 0 spiro atoms. The maximum atomic E-state index is 14.3. The Kier molecular flexibility index (Phi) is 15.0. The van der Waals surface area contributed by atoms with Gasteiger partial charge in [-0.15, -0.1) is 0 Å². The molecule has 0 bridgehead atoms. The van der Waals surface area contributed by atoms with E-state index < -0.39 is 5.60 Å². The zero-order valence-corrected chi connectivity index (χ0v) is 38.0. The van der Waals surface area contributed by atoms with E-state index in [1.807, 2.05) is 25.1 Å². The van der Waals surface area contributed by atoms with E-state index in [9.17, 15) is 4.79 Å². The number of anilines is 4. The first-order valence-electron chi connectivity index (χ1n) is 22.6. The molecule has 0 aliphatic carbocycles. The van der Waals surface area contributed by atoms with Gasteiger partial charge in [0.05, 0.1) is 12.2 Å². The van der Waals surface area contributed by atoms with Crippen LogP contribution in [-0.4, -0.2) is 64.9 Å². The van der Waals surface area contributed by atoms with Gasteiger partial charge in [0.1, 0.15) is 5.75 Å². The number of carbonyl (C=O) groups excluding carboxylic acids is 1. The van der Waals surface area contributed by atoms with Crippen molar-refractivity contribution in [1.29, 1.82) is 0 Å². The number of fused-ring (bicyclic) bond motifs is 1. The largest absolute Gasteiger partial charge is 0.494 e. The molecule has 1 heterocycles. The van der Waals surface area contributed by atoms with Crippen LogP contribution >= 0.6 is 0 Å². The molecule has 0 N–H and O–H groups in total. The van der Waals surface area contributed by atoms with Crippen LogP contribution in [0.25, 0.3) is 11.1 Å². The van der Waals surface area contributed by atoms with Crippen LogP contribution in [0.1, 0.15) is 100 Å². The van der Waals surface area contributed by atoms with E-state index in [1.165, 1.54) is 22.7 Å². The summed E-state index contributed by atoms with van der Waals surface area (Å²) in [4.78, 5) is 23.7. The molecule has 7 nitrogen and oxygen atoms in total. The van der Waals surface area contributed by atoms with E-state index in [0.29, 0.717) is 17.9 Å². The average Bonchev–Trinajstić information content (AvgIpc) is 3.57. The highest BCUT2D eigenvalue weighted by Gasteiger charge is 2.44. The van der Waals surface area contributed by atoms with Crippen LogP contribution in [0.15, 0.2) is 127 Å². The van der Waals surface area contributed by atoms with Gasteiger partial charge in [-0.05, 0) is 175 Å². The number of carbonyl (C=O) groups is 1. The van der Waals surface area contributed by atoms with Gasteiger partial charge in [0.2, 0.25) is 0 Å². The van der Waals surface area contributed by atoms with Crippen molar-refractivity contribution < 1.29 is 14.3 Å². The molecule has 0 atom stereocenters. The van der Waals surface area contributed by atoms with Crippen molar-refractivity contribution in [2.75, 3.05) is 78.6 Å². The predicted molar refractivity (Wildman–Crippen MR) is 259 cm³/mol. The van der Waals surface area contributed by atoms with Gasteiger partial charge < -0.3 is 29.1 Å². The second kappa shape index (κ2) is 20.5. The Morgan fingerprint density at radius 3 is 1.07 bits per heavy atom. The molecular weight excluding hydrogens is 753 g/mol. The summed E-state index contributed by atoms with van der Waals surface area (Å²) in [6.45, 7) is 27.3. The highest BCUT2D eigenvalue weighted by Crippen LogP contribution is 2.46. The topological polar surface area (TPSA) is 48.5 Å². The smallest absolute Gasteiger partial charge is 0.340 e. The molecule has 0 unspecified atom stereocenters. The lowest BCUT2D eigenvalue weighted by molar-refractivity contribution is 0.0299. The van der Waals surface area contributed by atoms with Gasteiger partial charge in [0.25, 0.3) is 0 Å². The number of cyclic esters (lactones) is 1. The molecule has 5 aromatic rings. The number of rotatable bonds is 20. The van der Waals surface area contributed by atoms with Crippen molar-refractivity contribution in [3.05, 3.63) is 161 Å². The Hall–Kier alpha value is -5.95. The Bertz CT molecular complexity index is 2000. The van der Waals surface area contributed by atoms with Crippen molar-refractivity contribution in [1.82, 2.24) is 0 Å². The molecule has 6 rings (SSSR count). The molecular formula is C54H66N4O3. The summed E-state index contributed by atoms with van der Waals surface area (Å²) in [7, 11) is 0. The summed E-state index contributed by atoms with van der Waals surface area (Å²) >= 11 is 0. The molecule has 1 aliphatic rings. The van der Waals surface area contributed by atoms with Crippen LogP contribution in [0.3, 0.4) is 0 Å². The van der Waals surface area contributed by atoms with Crippen LogP contribution in [-0.2, 0) is 10.3 Å². The second-order valence-electron chi connectivity index (χ2n) is 15.3. The van der Waals surface area contributed by atoms with Crippen molar-refractivity contribution >= 4 is 39.9 Å². The van der Waals surface area contributed by atoms with E-state index in [4.69, 9.17) is 9.47 Å². The third kappa shape index (κ3) is 9.67. The maximum Gasteiger partial charge on any atom is 0.340 e. The van der Waals surface area contributed by atoms with Gasteiger partial charge in [-0.2, -0.15) is 0 Å². The zero-order chi connectivity index (χ0) is 43.5. The van der Waals surface area contributed by atoms with E-state index in [2.05, 4.69) is 184 Å². The van der Waals surface area contributed by atoms with Crippen LogP contribution < -0.4 is 24.3 Å². The van der Waals surface area contributed by atoms with E-state index >= 15 is 0 Å². The minimum absolute atomic E-state index is 0.384. The monoisotopic (exact) mass is 819 g/mol. The molecule has 0 fully saturated rings. The van der Waals surface area contributed by atoms with Crippen molar-refractivity contribution in [2.45, 2.75) is 67.9 Å². The van der Waals surface area contributed by atoms with Gasteiger partial charge in [-0.3, -0.25) is 0 Å². The van der Waals surface area contributed by atoms with Crippen LogP contribution in [0, 0.1) is 0 Å². The minimum Gasteiger partial charge on any atom is -0.494 e. The fraction of sp³-hybridized carbons (Fsp3) is 0.352. The summed E-state index contributed by atoms with van der Waals surface area (Å²) in [5.74, 6) is 0.255. The minimum atomic E-state index is -1.29. The molecule has 5 aromatic carbocycles. The van der Waals surface area contributed by atoms with Crippen LogP contribution in [0.5, 0.6) is 5.75 Å². The molecule has 1 aliphatic heterocycles. The van der Waals surface area contributed by atoms with Gasteiger partial charge in [0.15, 0.2) is 5.60 Å². The van der Waals surface area contributed by atoms with Gasteiger partial charge in [-0.25, -0.2) is 4.79 Å². The lowest BCUT2D eigenvalue weighted by atomic mass is 9.83. The van der Waals surface area contributed by atoms with Crippen molar-refractivity contribution in [3.63, 3.8) is 0 Å². The first-order valence-corrected chi connectivity index (χ1v) is 22.6. The standard InChI is InChI=1S/C54H66N4O3/c1-10-55(11-2)44-27-19-40(20-28-44)50(41-21-29-45(30-22-41)56(12-3)13-4)38-54(52-36-35-48(60-18-9)37-49(52)53(59)61-54)39-51(42-23-31-46(32-24-42)57(14-5)15-6)43-25-33-47(34-26-43)58(16-7)17-8/h19-39H,10-18H2,1-9H3. The number of benzene rings is 5.